The molecule has 0 heterocycles. The Bertz CT molecular complexity index is 409. The summed E-state index contributed by atoms with van der Waals surface area (Å²) < 4.78 is 13.6. The highest BCUT2D eigenvalue weighted by atomic mass is 79.9. The minimum atomic E-state index is -0.264. The van der Waals surface area contributed by atoms with Gasteiger partial charge in [0, 0.05) is 17.1 Å². The van der Waals surface area contributed by atoms with Gasteiger partial charge >= 0.3 is 0 Å². The van der Waals surface area contributed by atoms with Gasteiger partial charge in [-0.3, -0.25) is 5.32 Å². The molecule has 1 aromatic carbocycles. The standard InChI is InChI=1S/C12H14BrFN2/c1-2-3-6-16-12(8-15)10-5-4-9(14)7-11(10)13/h4-5,7,12,16H,6,8,15H2,1H3. The molecular weight excluding hydrogens is 271 g/mol. The Hall–Kier alpha value is -0.890. The van der Waals surface area contributed by atoms with Crippen molar-refractivity contribution in [3.63, 3.8) is 0 Å². The van der Waals surface area contributed by atoms with Crippen molar-refractivity contribution in [3.05, 3.63) is 34.1 Å². The van der Waals surface area contributed by atoms with Crippen LogP contribution in [-0.2, 0) is 0 Å². The van der Waals surface area contributed by atoms with E-state index in [1.54, 1.807) is 13.0 Å². The van der Waals surface area contributed by atoms with E-state index >= 15 is 0 Å². The van der Waals surface area contributed by atoms with E-state index in [4.69, 9.17) is 5.73 Å². The maximum atomic E-state index is 12.9. The van der Waals surface area contributed by atoms with E-state index in [9.17, 15) is 4.39 Å². The second-order valence-corrected chi connectivity index (χ2v) is 4.12. The van der Waals surface area contributed by atoms with E-state index < -0.39 is 0 Å². The van der Waals surface area contributed by atoms with Crippen LogP contribution >= 0.6 is 15.9 Å². The normalized spacial score (nSPS) is 11.8. The molecule has 1 atom stereocenters. The molecule has 0 aliphatic carbocycles. The van der Waals surface area contributed by atoms with Crippen molar-refractivity contribution in [3.8, 4) is 11.8 Å². The molecule has 0 saturated heterocycles. The highest BCUT2D eigenvalue weighted by molar-refractivity contribution is 9.10. The third-order valence-corrected chi connectivity index (χ3v) is 2.87. The largest absolute Gasteiger partial charge is 0.329 e. The minimum Gasteiger partial charge on any atom is -0.329 e. The lowest BCUT2D eigenvalue weighted by atomic mass is 10.1. The molecule has 0 fully saturated rings. The van der Waals surface area contributed by atoms with Crippen molar-refractivity contribution in [2.45, 2.75) is 13.0 Å². The van der Waals surface area contributed by atoms with Gasteiger partial charge in [0.2, 0.25) is 0 Å². The molecule has 86 valence electrons. The van der Waals surface area contributed by atoms with Crippen LogP contribution in [0.15, 0.2) is 22.7 Å². The van der Waals surface area contributed by atoms with Crippen LogP contribution in [-0.4, -0.2) is 13.1 Å². The predicted octanol–water partition coefficient (Wildman–Crippen LogP) is 2.20. The smallest absolute Gasteiger partial charge is 0.124 e. The Morgan fingerprint density at radius 2 is 2.31 bits per heavy atom. The first-order chi connectivity index (χ1) is 7.69. The Balaban J connectivity index is 2.80. The van der Waals surface area contributed by atoms with Crippen LogP contribution in [0.5, 0.6) is 0 Å². The lowest BCUT2D eigenvalue weighted by Gasteiger charge is -2.17. The molecule has 4 heteroatoms. The number of nitrogens with two attached hydrogens (primary N) is 1. The molecule has 2 nitrogen and oxygen atoms in total. The van der Waals surface area contributed by atoms with E-state index in [-0.39, 0.29) is 11.9 Å². The van der Waals surface area contributed by atoms with Crippen LogP contribution in [0.3, 0.4) is 0 Å². The lowest BCUT2D eigenvalue weighted by molar-refractivity contribution is 0.574. The zero-order chi connectivity index (χ0) is 12.0. The van der Waals surface area contributed by atoms with Gasteiger partial charge in [-0.25, -0.2) is 4.39 Å². The van der Waals surface area contributed by atoms with E-state index in [1.165, 1.54) is 12.1 Å². The zero-order valence-corrected chi connectivity index (χ0v) is 10.6. The molecule has 1 unspecified atom stereocenters. The van der Waals surface area contributed by atoms with Crippen molar-refractivity contribution in [2.75, 3.05) is 13.1 Å². The molecule has 0 aromatic heterocycles. The monoisotopic (exact) mass is 284 g/mol. The Kier molecular flexibility index (Phi) is 5.47. The topological polar surface area (TPSA) is 38.0 Å². The van der Waals surface area contributed by atoms with Gasteiger partial charge < -0.3 is 5.73 Å². The van der Waals surface area contributed by atoms with Crippen LogP contribution in [0, 0.1) is 17.7 Å². The first kappa shape index (κ1) is 13.2. The predicted molar refractivity (Wildman–Crippen MR) is 67.3 cm³/mol. The van der Waals surface area contributed by atoms with Gasteiger partial charge in [0.15, 0.2) is 0 Å². The summed E-state index contributed by atoms with van der Waals surface area (Å²) in [4.78, 5) is 0. The average Bonchev–Trinajstić information content (AvgIpc) is 2.26. The quantitative estimate of drug-likeness (QED) is 0.832. The summed E-state index contributed by atoms with van der Waals surface area (Å²) in [6.45, 7) is 2.80. The molecule has 0 aliphatic heterocycles. The van der Waals surface area contributed by atoms with Gasteiger partial charge in [-0.1, -0.05) is 27.9 Å². The molecule has 0 aliphatic rings. The fourth-order valence-electron chi connectivity index (χ4n) is 1.37. The van der Waals surface area contributed by atoms with E-state index in [0.717, 1.165) is 10.0 Å². The van der Waals surface area contributed by atoms with Crippen LogP contribution in [0.2, 0.25) is 0 Å². The highest BCUT2D eigenvalue weighted by Crippen LogP contribution is 2.23. The van der Waals surface area contributed by atoms with E-state index in [1.807, 2.05) is 0 Å². The number of halogens is 2. The summed E-state index contributed by atoms with van der Waals surface area (Å²) in [5.41, 5.74) is 6.61. The minimum absolute atomic E-state index is 0.0178. The first-order valence-electron chi connectivity index (χ1n) is 4.97. The second-order valence-electron chi connectivity index (χ2n) is 3.26. The summed E-state index contributed by atoms with van der Waals surface area (Å²) in [7, 11) is 0. The SMILES string of the molecule is CC#CCNC(CN)c1ccc(F)cc1Br. The molecule has 16 heavy (non-hydrogen) atoms. The number of nitrogens with one attached hydrogen (secondary N) is 1. The summed E-state index contributed by atoms with van der Waals surface area (Å²) in [5.74, 6) is 5.44. The molecule has 1 aromatic rings. The van der Waals surface area contributed by atoms with Crippen molar-refractivity contribution < 1.29 is 4.39 Å². The maximum Gasteiger partial charge on any atom is 0.124 e. The molecule has 0 spiro atoms. The second kappa shape index (κ2) is 6.64. The molecule has 0 bridgehead atoms. The van der Waals surface area contributed by atoms with Gasteiger partial charge in [0.05, 0.1) is 6.54 Å². The Morgan fingerprint density at radius 1 is 1.56 bits per heavy atom. The van der Waals surface area contributed by atoms with Crippen molar-refractivity contribution in [1.29, 1.82) is 0 Å². The van der Waals surface area contributed by atoms with Crippen molar-refractivity contribution in [2.24, 2.45) is 5.73 Å². The fraction of sp³-hybridized carbons (Fsp3) is 0.333. The number of hydrogen-bond donors (Lipinski definition) is 2. The van der Waals surface area contributed by atoms with Crippen LogP contribution < -0.4 is 11.1 Å². The molecular formula is C12H14BrFN2. The number of rotatable bonds is 4. The maximum absolute atomic E-state index is 12.9. The average molecular weight is 285 g/mol. The van der Waals surface area contributed by atoms with Crippen LogP contribution in [0.25, 0.3) is 0 Å². The third kappa shape index (κ3) is 3.60. The summed E-state index contributed by atoms with van der Waals surface area (Å²) in [5, 5.41) is 3.20. The van der Waals surface area contributed by atoms with Crippen molar-refractivity contribution in [1.82, 2.24) is 5.32 Å². The van der Waals surface area contributed by atoms with Gasteiger partial charge in [0.25, 0.3) is 0 Å². The van der Waals surface area contributed by atoms with Gasteiger partial charge in [-0.15, -0.1) is 5.92 Å². The van der Waals surface area contributed by atoms with Crippen molar-refractivity contribution >= 4 is 15.9 Å². The van der Waals surface area contributed by atoms with Gasteiger partial charge in [0.1, 0.15) is 5.82 Å². The lowest BCUT2D eigenvalue weighted by Crippen LogP contribution is -2.28. The molecule has 0 saturated carbocycles. The molecule has 0 amide bonds. The Labute approximate surface area is 104 Å². The van der Waals surface area contributed by atoms with Gasteiger partial charge in [-0.05, 0) is 24.6 Å². The van der Waals surface area contributed by atoms with Crippen LogP contribution in [0.4, 0.5) is 4.39 Å². The van der Waals surface area contributed by atoms with E-state index in [2.05, 4.69) is 33.1 Å². The Morgan fingerprint density at radius 3 is 2.88 bits per heavy atom. The number of benzene rings is 1. The summed E-state index contributed by atoms with van der Waals surface area (Å²) in [6, 6.07) is 4.57. The zero-order valence-electron chi connectivity index (χ0n) is 9.06. The highest BCUT2D eigenvalue weighted by Gasteiger charge is 2.12. The van der Waals surface area contributed by atoms with Crippen LogP contribution in [0.1, 0.15) is 18.5 Å². The third-order valence-electron chi connectivity index (χ3n) is 2.19. The van der Waals surface area contributed by atoms with E-state index in [0.29, 0.717) is 13.1 Å². The first-order valence-corrected chi connectivity index (χ1v) is 5.76. The fourth-order valence-corrected chi connectivity index (χ4v) is 1.99. The molecule has 3 N–H and O–H groups in total. The number of hydrogen-bond acceptors (Lipinski definition) is 2. The molecule has 1 rings (SSSR count). The molecule has 0 radical (unpaired) electrons. The summed E-state index contributed by atoms with van der Waals surface area (Å²) in [6.07, 6.45) is 0. The summed E-state index contributed by atoms with van der Waals surface area (Å²) >= 11 is 3.33. The van der Waals surface area contributed by atoms with Gasteiger partial charge in [-0.2, -0.15) is 0 Å².